The molecule has 0 fully saturated rings. The Morgan fingerprint density at radius 2 is 2.14 bits per heavy atom. The SMILES string of the molecule is Cc1ccc(-c2cnc(C(N)CC(C)C)[nH]2)cc1[N+](=O)[O-]. The molecular weight excluding hydrogens is 268 g/mol. The lowest BCUT2D eigenvalue weighted by atomic mass is 10.0. The molecule has 0 amide bonds. The molecule has 0 radical (unpaired) electrons. The van der Waals surface area contributed by atoms with Gasteiger partial charge >= 0.3 is 0 Å². The summed E-state index contributed by atoms with van der Waals surface area (Å²) >= 11 is 0. The third-order valence-electron chi connectivity index (χ3n) is 3.39. The summed E-state index contributed by atoms with van der Waals surface area (Å²) in [7, 11) is 0. The second kappa shape index (κ2) is 6.05. The molecule has 2 rings (SSSR count). The number of imidazole rings is 1. The van der Waals surface area contributed by atoms with Crippen LogP contribution in [0.2, 0.25) is 0 Å². The van der Waals surface area contributed by atoms with Crippen LogP contribution in [-0.4, -0.2) is 14.9 Å². The number of rotatable bonds is 5. The van der Waals surface area contributed by atoms with E-state index in [1.165, 1.54) is 0 Å². The van der Waals surface area contributed by atoms with Crippen LogP contribution in [0.1, 0.15) is 37.7 Å². The highest BCUT2D eigenvalue weighted by Gasteiger charge is 2.15. The van der Waals surface area contributed by atoms with Crippen molar-refractivity contribution >= 4 is 5.69 Å². The summed E-state index contributed by atoms with van der Waals surface area (Å²) in [4.78, 5) is 18.1. The summed E-state index contributed by atoms with van der Waals surface area (Å²) in [6.45, 7) is 5.93. The second-order valence-corrected chi connectivity index (χ2v) is 5.68. The molecule has 6 nitrogen and oxygen atoms in total. The van der Waals surface area contributed by atoms with E-state index in [0.29, 0.717) is 17.3 Å². The highest BCUT2D eigenvalue weighted by atomic mass is 16.6. The summed E-state index contributed by atoms with van der Waals surface area (Å²) in [5.41, 5.74) is 8.31. The van der Waals surface area contributed by atoms with E-state index in [4.69, 9.17) is 5.73 Å². The van der Waals surface area contributed by atoms with Crippen LogP contribution in [0, 0.1) is 23.0 Å². The van der Waals surface area contributed by atoms with Crippen molar-refractivity contribution in [3.05, 3.63) is 45.9 Å². The molecule has 0 aliphatic rings. The molecule has 3 N–H and O–H groups in total. The van der Waals surface area contributed by atoms with Gasteiger partial charge in [0, 0.05) is 17.2 Å². The molecule has 1 aromatic carbocycles. The fraction of sp³-hybridized carbons (Fsp3) is 0.400. The number of benzene rings is 1. The maximum Gasteiger partial charge on any atom is 0.272 e. The van der Waals surface area contributed by atoms with E-state index in [1.807, 2.05) is 6.07 Å². The average Bonchev–Trinajstić information content (AvgIpc) is 2.87. The number of nitrogens with two attached hydrogens (primary N) is 1. The van der Waals surface area contributed by atoms with Crippen molar-refractivity contribution in [1.82, 2.24) is 9.97 Å². The maximum atomic E-state index is 11.0. The van der Waals surface area contributed by atoms with Crippen molar-refractivity contribution in [2.24, 2.45) is 11.7 Å². The molecule has 6 heteroatoms. The van der Waals surface area contributed by atoms with E-state index in [2.05, 4.69) is 23.8 Å². The number of aromatic nitrogens is 2. The third kappa shape index (κ3) is 3.46. The minimum atomic E-state index is -0.374. The van der Waals surface area contributed by atoms with Gasteiger partial charge in [-0.3, -0.25) is 10.1 Å². The second-order valence-electron chi connectivity index (χ2n) is 5.68. The Labute approximate surface area is 123 Å². The fourth-order valence-corrected chi connectivity index (χ4v) is 2.26. The Hall–Kier alpha value is -2.21. The van der Waals surface area contributed by atoms with Gasteiger partial charge in [-0.05, 0) is 19.3 Å². The number of aryl methyl sites for hydroxylation is 1. The summed E-state index contributed by atoms with van der Waals surface area (Å²) in [5.74, 6) is 1.19. The highest BCUT2D eigenvalue weighted by Crippen LogP contribution is 2.27. The number of aromatic amines is 1. The maximum absolute atomic E-state index is 11.0. The van der Waals surface area contributed by atoms with E-state index in [0.717, 1.165) is 17.7 Å². The highest BCUT2D eigenvalue weighted by molar-refractivity contribution is 5.63. The topological polar surface area (TPSA) is 97.8 Å². The zero-order valence-corrected chi connectivity index (χ0v) is 12.5. The van der Waals surface area contributed by atoms with Crippen LogP contribution in [0.4, 0.5) is 5.69 Å². The van der Waals surface area contributed by atoms with E-state index >= 15 is 0 Å². The number of nitrogens with one attached hydrogen (secondary N) is 1. The smallest absolute Gasteiger partial charge is 0.272 e. The van der Waals surface area contributed by atoms with Gasteiger partial charge in [-0.2, -0.15) is 0 Å². The number of H-pyrrole nitrogens is 1. The predicted molar refractivity (Wildman–Crippen MR) is 81.8 cm³/mol. The first-order valence-electron chi connectivity index (χ1n) is 6.94. The molecule has 1 aromatic heterocycles. The summed E-state index contributed by atoms with van der Waals surface area (Å²) in [6, 6.07) is 4.98. The minimum Gasteiger partial charge on any atom is -0.341 e. The van der Waals surface area contributed by atoms with E-state index in [9.17, 15) is 10.1 Å². The molecule has 0 saturated carbocycles. The van der Waals surface area contributed by atoms with Crippen LogP contribution >= 0.6 is 0 Å². The van der Waals surface area contributed by atoms with Gasteiger partial charge in [0.1, 0.15) is 5.82 Å². The Bertz CT molecular complexity index is 649. The van der Waals surface area contributed by atoms with Gasteiger partial charge in [0.15, 0.2) is 0 Å². The fourth-order valence-electron chi connectivity index (χ4n) is 2.26. The predicted octanol–water partition coefficient (Wildman–Crippen LogP) is 3.34. The van der Waals surface area contributed by atoms with E-state index in [-0.39, 0.29) is 16.7 Å². The third-order valence-corrected chi connectivity index (χ3v) is 3.39. The first-order valence-corrected chi connectivity index (χ1v) is 6.94. The monoisotopic (exact) mass is 288 g/mol. The quantitative estimate of drug-likeness (QED) is 0.651. The van der Waals surface area contributed by atoms with Crippen molar-refractivity contribution < 1.29 is 4.92 Å². The molecule has 1 atom stereocenters. The number of nitro benzene ring substituents is 1. The molecule has 0 aliphatic carbocycles. The minimum absolute atomic E-state index is 0.107. The first kappa shape index (κ1) is 15.2. The molecule has 2 aromatic rings. The Kier molecular flexibility index (Phi) is 4.37. The number of hydrogen-bond acceptors (Lipinski definition) is 4. The largest absolute Gasteiger partial charge is 0.341 e. The van der Waals surface area contributed by atoms with Gasteiger partial charge in [-0.1, -0.05) is 26.0 Å². The van der Waals surface area contributed by atoms with Crippen molar-refractivity contribution in [2.75, 3.05) is 0 Å². The lowest BCUT2D eigenvalue weighted by Gasteiger charge is -2.11. The van der Waals surface area contributed by atoms with Crippen molar-refractivity contribution in [3.63, 3.8) is 0 Å². The van der Waals surface area contributed by atoms with Gasteiger partial charge < -0.3 is 10.7 Å². The zero-order chi connectivity index (χ0) is 15.6. The van der Waals surface area contributed by atoms with Crippen LogP contribution in [-0.2, 0) is 0 Å². The number of nitro groups is 1. The zero-order valence-electron chi connectivity index (χ0n) is 12.5. The van der Waals surface area contributed by atoms with E-state index < -0.39 is 0 Å². The van der Waals surface area contributed by atoms with Crippen LogP contribution in [0.5, 0.6) is 0 Å². The Balaban J connectivity index is 2.29. The molecule has 21 heavy (non-hydrogen) atoms. The van der Waals surface area contributed by atoms with Crippen molar-refractivity contribution in [1.29, 1.82) is 0 Å². The standard InChI is InChI=1S/C15H20N4O2/c1-9(2)6-12(16)15-17-8-13(18-15)11-5-4-10(3)14(7-11)19(20)21/h4-5,7-9,12H,6,16H2,1-3H3,(H,17,18). The molecule has 112 valence electrons. The van der Waals surface area contributed by atoms with Crippen LogP contribution < -0.4 is 5.73 Å². The molecule has 0 bridgehead atoms. The lowest BCUT2D eigenvalue weighted by Crippen LogP contribution is -2.14. The van der Waals surface area contributed by atoms with Crippen molar-refractivity contribution in [3.8, 4) is 11.3 Å². The molecule has 0 spiro atoms. The first-order chi connectivity index (χ1) is 9.88. The molecule has 0 saturated heterocycles. The number of hydrogen-bond donors (Lipinski definition) is 2. The molecule has 1 heterocycles. The molecule has 1 unspecified atom stereocenters. The van der Waals surface area contributed by atoms with E-state index in [1.54, 1.807) is 25.3 Å². The van der Waals surface area contributed by atoms with Gasteiger partial charge in [-0.15, -0.1) is 0 Å². The summed E-state index contributed by atoms with van der Waals surface area (Å²) in [6.07, 6.45) is 2.50. The van der Waals surface area contributed by atoms with Crippen LogP contribution in [0.15, 0.2) is 24.4 Å². The van der Waals surface area contributed by atoms with Gasteiger partial charge in [0.2, 0.25) is 0 Å². The van der Waals surface area contributed by atoms with Gasteiger partial charge in [0.05, 0.1) is 22.9 Å². The Morgan fingerprint density at radius 3 is 2.76 bits per heavy atom. The Morgan fingerprint density at radius 1 is 1.43 bits per heavy atom. The summed E-state index contributed by atoms with van der Waals surface area (Å²) < 4.78 is 0. The molecular formula is C15H20N4O2. The molecule has 0 aliphatic heterocycles. The lowest BCUT2D eigenvalue weighted by molar-refractivity contribution is -0.385. The average molecular weight is 288 g/mol. The van der Waals surface area contributed by atoms with Gasteiger partial charge in [0.25, 0.3) is 5.69 Å². The van der Waals surface area contributed by atoms with Crippen molar-refractivity contribution in [2.45, 2.75) is 33.2 Å². The summed E-state index contributed by atoms with van der Waals surface area (Å²) in [5, 5.41) is 11.0. The number of nitrogens with zero attached hydrogens (tertiary/aromatic N) is 2. The van der Waals surface area contributed by atoms with Gasteiger partial charge in [-0.25, -0.2) is 4.98 Å². The normalized spacial score (nSPS) is 12.6. The van der Waals surface area contributed by atoms with Crippen LogP contribution in [0.25, 0.3) is 11.3 Å². The van der Waals surface area contributed by atoms with Crippen LogP contribution in [0.3, 0.4) is 0 Å².